The number of rotatable bonds is 4. The van der Waals surface area contributed by atoms with E-state index in [0.717, 1.165) is 0 Å². The molecule has 0 aliphatic heterocycles. The molecule has 0 saturated heterocycles. The van der Waals surface area contributed by atoms with Crippen molar-refractivity contribution in [3.8, 4) is 5.75 Å². The zero-order chi connectivity index (χ0) is 11.3. The van der Waals surface area contributed by atoms with Crippen LogP contribution in [0.1, 0.15) is 6.92 Å². The number of carboxylic acid groups (broad SMARTS) is 1. The third-order valence-electron chi connectivity index (χ3n) is 1.55. The van der Waals surface area contributed by atoms with Crippen LogP contribution >= 0.6 is 8.17 Å². The van der Waals surface area contributed by atoms with E-state index in [1.807, 2.05) is 0 Å². The molecule has 6 heteroatoms. The summed E-state index contributed by atoms with van der Waals surface area (Å²) in [5.41, 5.74) is 0. The first-order valence-electron chi connectivity index (χ1n) is 4.23. The Morgan fingerprint density at radius 3 is 2.67 bits per heavy atom. The Bertz CT molecular complexity index is 366. The van der Waals surface area contributed by atoms with Crippen molar-refractivity contribution >= 4 is 14.1 Å². The number of carbonyl (C=O) groups is 1. The number of para-hydroxylation sites is 1. The van der Waals surface area contributed by atoms with Crippen LogP contribution in [0, 0.1) is 0 Å². The smallest absolute Gasteiger partial charge is 0.395 e. The highest BCUT2D eigenvalue weighted by Gasteiger charge is 2.14. The maximum absolute atomic E-state index is 11.2. The zero-order valence-electron chi connectivity index (χ0n) is 8.03. The first-order valence-corrected chi connectivity index (χ1v) is 5.36. The number of aliphatic carboxylic acids is 1. The van der Waals surface area contributed by atoms with Crippen LogP contribution in [0.4, 0.5) is 0 Å². The van der Waals surface area contributed by atoms with E-state index in [4.69, 9.17) is 9.63 Å². The van der Waals surface area contributed by atoms with E-state index in [2.05, 4.69) is 4.74 Å². The molecular weight excluding hydrogens is 217 g/mol. The summed E-state index contributed by atoms with van der Waals surface area (Å²) >= 11 is 0. The van der Waals surface area contributed by atoms with Gasteiger partial charge in [0.2, 0.25) is 0 Å². The monoisotopic (exact) mass is 227 g/mol. The Balaban J connectivity index is 2.63. The lowest BCUT2D eigenvalue weighted by atomic mass is 10.3. The molecule has 2 atom stereocenters. The molecule has 1 aromatic rings. The molecule has 15 heavy (non-hydrogen) atoms. The number of nitrogens with zero attached hydrogens (tertiary/aromatic N) is 1. The maximum Gasteiger partial charge on any atom is 0.395 e. The Kier molecular flexibility index (Phi) is 4.21. The highest BCUT2D eigenvalue weighted by molar-refractivity contribution is 7.34. The van der Waals surface area contributed by atoms with Gasteiger partial charge in [0.25, 0.3) is 0 Å². The summed E-state index contributed by atoms with van der Waals surface area (Å²) < 4.78 is 8.37. The van der Waals surface area contributed by atoms with Crippen molar-refractivity contribution in [2.75, 3.05) is 0 Å². The molecule has 0 aromatic heterocycles. The van der Waals surface area contributed by atoms with Crippen molar-refractivity contribution in [1.82, 2.24) is 0 Å². The molecule has 1 aromatic carbocycles. The van der Waals surface area contributed by atoms with Crippen molar-refractivity contribution in [3.63, 3.8) is 0 Å². The summed E-state index contributed by atoms with van der Waals surface area (Å²) in [6.45, 7) is 1.34. The van der Waals surface area contributed by atoms with Crippen molar-refractivity contribution < 1.29 is 19.3 Å². The molecule has 80 valence electrons. The van der Waals surface area contributed by atoms with Gasteiger partial charge in [0.1, 0.15) is 0 Å². The van der Waals surface area contributed by atoms with Crippen molar-refractivity contribution in [2.45, 2.75) is 13.0 Å². The maximum atomic E-state index is 11.2. The van der Waals surface area contributed by atoms with Crippen LogP contribution in [0.5, 0.6) is 5.75 Å². The molecule has 0 aliphatic rings. The lowest BCUT2D eigenvalue weighted by molar-refractivity contribution is -0.169. The van der Waals surface area contributed by atoms with Crippen LogP contribution in [0.3, 0.4) is 0 Å². The molecule has 0 heterocycles. The van der Waals surface area contributed by atoms with Crippen LogP contribution in [0.15, 0.2) is 35.1 Å². The minimum Gasteiger partial charge on any atom is -0.575 e. The number of hydrogen-bond acceptors (Lipinski definition) is 4. The summed E-state index contributed by atoms with van der Waals surface area (Å²) in [7, 11) is -2.33. The van der Waals surface area contributed by atoms with E-state index in [9.17, 15) is 9.69 Å². The fourth-order valence-corrected chi connectivity index (χ4v) is 1.52. The molecule has 0 aliphatic carbocycles. The fourth-order valence-electron chi connectivity index (χ4n) is 0.786. The van der Waals surface area contributed by atoms with Crippen LogP contribution in [0.25, 0.3) is 0 Å². The van der Waals surface area contributed by atoms with Crippen LogP contribution in [-0.4, -0.2) is 17.1 Å². The van der Waals surface area contributed by atoms with Crippen LogP contribution in [0.2, 0.25) is 0 Å². The summed E-state index contributed by atoms with van der Waals surface area (Å²) in [6.07, 6.45) is 0. The predicted molar refractivity (Wildman–Crippen MR) is 53.5 cm³/mol. The Hall–Kier alpha value is -1.45. The topological polar surface area (TPSA) is 82.0 Å². The Labute approximate surface area is 88.0 Å². The molecule has 0 bridgehead atoms. The Morgan fingerprint density at radius 2 is 2.13 bits per heavy atom. The number of hydrogen-bond donors (Lipinski definition) is 1. The van der Waals surface area contributed by atoms with Crippen LogP contribution in [-0.2, 0) is 4.79 Å². The average Bonchev–Trinajstić information content (AvgIpc) is 2.18. The summed E-state index contributed by atoms with van der Waals surface area (Å²) in [4.78, 5) is 21.6. The quantitative estimate of drug-likeness (QED) is 0.788. The van der Waals surface area contributed by atoms with Gasteiger partial charge in [0.15, 0.2) is 11.8 Å². The van der Waals surface area contributed by atoms with Crippen molar-refractivity contribution in [3.05, 3.63) is 30.3 Å². The van der Waals surface area contributed by atoms with Crippen molar-refractivity contribution in [2.24, 2.45) is 4.74 Å². The van der Waals surface area contributed by atoms with Gasteiger partial charge in [-0.05, 0) is 19.1 Å². The lowest BCUT2D eigenvalue weighted by Gasteiger charge is -1.99. The van der Waals surface area contributed by atoms with E-state index in [1.165, 1.54) is 6.92 Å². The molecule has 0 amide bonds. The van der Waals surface area contributed by atoms with Gasteiger partial charge in [0, 0.05) is 0 Å². The molecular formula is C9H10NO4P. The van der Waals surface area contributed by atoms with Gasteiger partial charge >= 0.3 is 14.1 Å². The van der Waals surface area contributed by atoms with Crippen molar-refractivity contribution in [1.29, 1.82) is 0 Å². The predicted octanol–water partition coefficient (Wildman–Crippen LogP) is 1.39. The molecule has 0 saturated carbocycles. The summed E-state index contributed by atoms with van der Waals surface area (Å²) in [5, 5.41) is 8.52. The van der Waals surface area contributed by atoms with Crippen LogP contribution < -0.4 is 9.42 Å². The van der Waals surface area contributed by atoms with Gasteiger partial charge in [-0.15, -0.1) is 0 Å². The normalized spacial score (nSPS) is 13.3. The summed E-state index contributed by atoms with van der Waals surface area (Å²) in [5.74, 6) is -0.727. The second kappa shape index (κ2) is 5.44. The minimum atomic E-state index is -2.33. The number of benzene rings is 1. The highest BCUT2D eigenvalue weighted by Crippen LogP contribution is 2.23. The standard InChI is InChI=1S/C9H10NO4P/c1-7(9(11)12)10-15(13)14-8-5-3-2-4-6-8/h2-7H,1H3,(H,11,12). The van der Waals surface area contributed by atoms with E-state index < -0.39 is 20.2 Å². The minimum absolute atomic E-state index is 0.403. The van der Waals surface area contributed by atoms with Gasteiger partial charge in [-0.2, -0.15) is 0 Å². The van der Waals surface area contributed by atoms with Gasteiger partial charge in [0.05, 0.1) is 0 Å². The van der Waals surface area contributed by atoms with E-state index in [0.29, 0.717) is 5.75 Å². The van der Waals surface area contributed by atoms with Gasteiger partial charge in [-0.1, -0.05) is 22.9 Å². The SMILES string of the molecule is CC(/N=[P+](\[O-])Oc1ccccc1)C(=O)O. The highest BCUT2D eigenvalue weighted by atomic mass is 31.1. The first kappa shape index (κ1) is 11.6. The second-order valence-electron chi connectivity index (χ2n) is 2.77. The molecule has 0 spiro atoms. The third-order valence-corrected chi connectivity index (χ3v) is 2.45. The third kappa shape index (κ3) is 4.06. The van der Waals surface area contributed by atoms with Gasteiger partial charge < -0.3 is 10.00 Å². The van der Waals surface area contributed by atoms with Gasteiger partial charge in [-0.25, -0.2) is 4.79 Å². The molecule has 1 N–H and O–H groups in total. The number of carboxylic acids is 1. The largest absolute Gasteiger partial charge is 0.575 e. The molecule has 0 fully saturated rings. The average molecular weight is 227 g/mol. The summed E-state index contributed by atoms with van der Waals surface area (Å²) in [6, 6.07) is 7.44. The van der Waals surface area contributed by atoms with E-state index in [-0.39, 0.29) is 0 Å². The fraction of sp³-hybridized carbons (Fsp3) is 0.222. The molecule has 1 rings (SSSR count). The zero-order valence-corrected chi connectivity index (χ0v) is 8.92. The molecule has 5 nitrogen and oxygen atoms in total. The van der Waals surface area contributed by atoms with Gasteiger partial charge in [-0.3, -0.25) is 4.52 Å². The Morgan fingerprint density at radius 1 is 1.53 bits per heavy atom. The molecule has 2 unspecified atom stereocenters. The van der Waals surface area contributed by atoms with E-state index in [1.54, 1.807) is 30.3 Å². The second-order valence-corrected chi connectivity index (χ2v) is 3.66. The molecule has 0 radical (unpaired) electrons. The first-order chi connectivity index (χ1) is 7.09. The lowest BCUT2D eigenvalue weighted by Crippen LogP contribution is -2.13. The van der Waals surface area contributed by atoms with E-state index >= 15 is 0 Å².